The lowest BCUT2D eigenvalue weighted by molar-refractivity contribution is 0.102. The zero-order valence-corrected chi connectivity index (χ0v) is 15.8. The SMILES string of the molecule is Cc1cc(C(=O)Nc2c(F)cccc2F)nc(Nc2ccc(C(C)C)cc2)n1. The van der Waals surface area contributed by atoms with Crippen molar-refractivity contribution >= 4 is 23.2 Å². The van der Waals surface area contributed by atoms with E-state index in [9.17, 15) is 13.6 Å². The minimum atomic E-state index is -0.859. The van der Waals surface area contributed by atoms with Crippen LogP contribution in [0.2, 0.25) is 0 Å². The number of halogens is 2. The number of aryl methyl sites for hydroxylation is 1. The predicted octanol–water partition coefficient (Wildman–Crippen LogP) is 5.18. The second kappa shape index (κ2) is 8.12. The van der Waals surface area contributed by atoms with Crippen LogP contribution in [0.4, 0.5) is 26.1 Å². The fourth-order valence-electron chi connectivity index (χ4n) is 2.62. The molecule has 0 saturated carbocycles. The number of nitrogens with zero attached hydrogens (tertiary/aromatic N) is 2. The highest BCUT2D eigenvalue weighted by Gasteiger charge is 2.16. The summed E-state index contributed by atoms with van der Waals surface area (Å²) in [5, 5.41) is 5.27. The third-order valence-corrected chi connectivity index (χ3v) is 4.12. The lowest BCUT2D eigenvalue weighted by Crippen LogP contribution is -2.17. The molecule has 144 valence electrons. The molecule has 0 aliphatic rings. The van der Waals surface area contributed by atoms with Gasteiger partial charge >= 0.3 is 0 Å². The second-order valence-electron chi connectivity index (χ2n) is 6.67. The van der Waals surface area contributed by atoms with Crippen LogP contribution in [-0.2, 0) is 0 Å². The van der Waals surface area contributed by atoms with Crippen molar-refractivity contribution in [3.63, 3.8) is 0 Å². The minimum absolute atomic E-state index is 0.00328. The topological polar surface area (TPSA) is 66.9 Å². The van der Waals surface area contributed by atoms with Crippen LogP contribution in [0.1, 0.15) is 41.5 Å². The first kappa shape index (κ1) is 19.4. The molecule has 0 aliphatic heterocycles. The molecule has 3 aromatic rings. The van der Waals surface area contributed by atoms with E-state index in [-0.39, 0.29) is 11.6 Å². The van der Waals surface area contributed by atoms with Gasteiger partial charge in [-0.3, -0.25) is 4.79 Å². The molecule has 0 saturated heterocycles. The van der Waals surface area contributed by atoms with Gasteiger partial charge in [-0.15, -0.1) is 0 Å². The summed E-state index contributed by atoms with van der Waals surface area (Å²) >= 11 is 0. The highest BCUT2D eigenvalue weighted by Crippen LogP contribution is 2.21. The number of carbonyl (C=O) groups is 1. The maximum atomic E-state index is 13.8. The van der Waals surface area contributed by atoms with Crippen molar-refractivity contribution in [1.29, 1.82) is 0 Å². The Morgan fingerprint density at radius 3 is 2.25 bits per heavy atom. The van der Waals surface area contributed by atoms with Crippen LogP contribution in [-0.4, -0.2) is 15.9 Å². The van der Waals surface area contributed by atoms with Crippen LogP contribution >= 0.6 is 0 Å². The van der Waals surface area contributed by atoms with Gasteiger partial charge in [0.15, 0.2) is 0 Å². The van der Waals surface area contributed by atoms with Gasteiger partial charge in [0.05, 0.1) is 0 Å². The average molecular weight is 382 g/mol. The van der Waals surface area contributed by atoms with Gasteiger partial charge in [0.2, 0.25) is 5.95 Å². The average Bonchev–Trinajstić information content (AvgIpc) is 2.64. The van der Waals surface area contributed by atoms with Crippen molar-refractivity contribution in [2.75, 3.05) is 10.6 Å². The summed E-state index contributed by atoms with van der Waals surface area (Å²) in [7, 11) is 0. The summed E-state index contributed by atoms with van der Waals surface area (Å²) in [5.41, 5.74) is 1.98. The summed E-state index contributed by atoms with van der Waals surface area (Å²) in [6, 6.07) is 12.6. The fourth-order valence-corrected chi connectivity index (χ4v) is 2.62. The Balaban J connectivity index is 1.81. The number of hydrogen-bond donors (Lipinski definition) is 2. The lowest BCUT2D eigenvalue weighted by atomic mass is 10.0. The van der Waals surface area contributed by atoms with Crippen LogP contribution in [0.3, 0.4) is 0 Å². The standard InChI is InChI=1S/C21H20F2N4O/c1-12(2)14-7-9-15(10-8-14)25-21-24-13(3)11-18(26-21)20(28)27-19-16(22)5-4-6-17(19)23/h4-12H,1-3H3,(H,27,28)(H,24,25,26). The summed E-state index contributed by atoms with van der Waals surface area (Å²) < 4.78 is 27.5. The Morgan fingerprint density at radius 2 is 1.64 bits per heavy atom. The van der Waals surface area contributed by atoms with Crippen molar-refractivity contribution < 1.29 is 13.6 Å². The summed E-state index contributed by atoms with van der Waals surface area (Å²) in [5.74, 6) is -1.81. The lowest BCUT2D eigenvalue weighted by Gasteiger charge is -2.11. The third-order valence-electron chi connectivity index (χ3n) is 4.12. The minimum Gasteiger partial charge on any atom is -0.324 e. The smallest absolute Gasteiger partial charge is 0.274 e. The highest BCUT2D eigenvalue weighted by atomic mass is 19.1. The molecular weight excluding hydrogens is 362 g/mol. The molecule has 28 heavy (non-hydrogen) atoms. The zero-order chi connectivity index (χ0) is 20.3. The van der Waals surface area contributed by atoms with Crippen LogP contribution in [0.15, 0.2) is 48.5 Å². The maximum Gasteiger partial charge on any atom is 0.274 e. The molecule has 3 rings (SSSR count). The quantitative estimate of drug-likeness (QED) is 0.638. The molecule has 1 aromatic heterocycles. The molecule has 0 radical (unpaired) electrons. The molecule has 5 nitrogen and oxygen atoms in total. The van der Waals surface area contributed by atoms with E-state index in [1.165, 1.54) is 17.7 Å². The number of hydrogen-bond acceptors (Lipinski definition) is 4. The molecule has 7 heteroatoms. The number of carbonyl (C=O) groups excluding carboxylic acids is 1. The Kier molecular flexibility index (Phi) is 5.63. The number of benzene rings is 2. The first-order chi connectivity index (χ1) is 13.3. The van der Waals surface area contributed by atoms with Gasteiger partial charge in [-0.05, 0) is 48.7 Å². The zero-order valence-electron chi connectivity index (χ0n) is 15.8. The van der Waals surface area contributed by atoms with Crippen LogP contribution in [0, 0.1) is 18.6 Å². The van der Waals surface area contributed by atoms with Crippen molar-refractivity contribution in [2.24, 2.45) is 0 Å². The highest BCUT2D eigenvalue weighted by molar-refractivity contribution is 6.03. The first-order valence-electron chi connectivity index (χ1n) is 8.81. The van der Waals surface area contributed by atoms with Gasteiger partial charge in [0, 0.05) is 11.4 Å². The maximum absolute atomic E-state index is 13.8. The Hall–Kier alpha value is -3.35. The van der Waals surface area contributed by atoms with Crippen LogP contribution in [0.25, 0.3) is 0 Å². The van der Waals surface area contributed by atoms with Gasteiger partial charge in [0.1, 0.15) is 23.0 Å². The summed E-state index contributed by atoms with van der Waals surface area (Å²) in [6.45, 7) is 5.92. The van der Waals surface area contributed by atoms with Crippen molar-refractivity contribution in [3.8, 4) is 0 Å². The number of para-hydroxylation sites is 1. The molecule has 1 amide bonds. The first-order valence-corrected chi connectivity index (χ1v) is 8.81. The number of nitrogens with one attached hydrogen (secondary N) is 2. The van der Waals surface area contributed by atoms with Crippen LogP contribution < -0.4 is 10.6 Å². The molecule has 0 aliphatic carbocycles. The second-order valence-corrected chi connectivity index (χ2v) is 6.67. The van der Waals surface area contributed by atoms with E-state index < -0.39 is 23.2 Å². The Labute approximate surface area is 161 Å². The Morgan fingerprint density at radius 1 is 1.00 bits per heavy atom. The number of rotatable bonds is 5. The predicted molar refractivity (Wildman–Crippen MR) is 105 cm³/mol. The molecule has 0 bridgehead atoms. The van der Waals surface area contributed by atoms with Crippen molar-refractivity contribution in [2.45, 2.75) is 26.7 Å². The van der Waals surface area contributed by atoms with E-state index in [1.807, 2.05) is 24.3 Å². The Bertz CT molecular complexity index is 984. The van der Waals surface area contributed by atoms with Gasteiger partial charge in [-0.2, -0.15) is 0 Å². The van der Waals surface area contributed by atoms with E-state index in [1.54, 1.807) is 6.92 Å². The largest absolute Gasteiger partial charge is 0.324 e. The molecule has 0 atom stereocenters. The normalized spacial score (nSPS) is 10.8. The van der Waals surface area contributed by atoms with Crippen LogP contribution in [0.5, 0.6) is 0 Å². The number of amides is 1. The molecule has 2 N–H and O–H groups in total. The van der Waals surface area contributed by atoms with Crippen molar-refractivity contribution in [3.05, 3.63) is 77.1 Å². The van der Waals surface area contributed by atoms with Gasteiger partial charge in [0.25, 0.3) is 5.91 Å². The van der Waals surface area contributed by atoms with E-state index in [2.05, 4.69) is 34.4 Å². The van der Waals surface area contributed by atoms with E-state index in [0.717, 1.165) is 17.8 Å². The molecule has 0 fully saturated rings. The molecule has 0 spiro atoms. The van der Waals surface area contributed by atoms with Gasteiger partial charge < -0.3 is 10.6 Å². The molecular formula is C21H20F2N4O. The molecule has 1 heterocycles. The molecule has 0 unspecified atom stereocenters. The monoisotopic (exact) mass is 382 g/mol. The van der Waals surface area contributed by atoms with Gasteiger partial charge in [-0.25, -0.2) is 18.7 Å². The fraction of sp³-hybridized carbons (Fsp3) is 0.190. The summed E-state index contributed by atoms with van der Waals surface area (Å²) in [6.07, 6.45) is 0. The van der Waals surface area contributed by atoms with E-state index in [0.29, 0.717) is 11.6 Å². The number of anilines is 3. The van der Waals surface area contributed by atoms with Crippen molar-refractivity contribution in [1.82, 2.24) is 9.97 Å². The summed E-state index contributed by atoms with van der Waals surface area (Å²) in [4.78, 5) is 20.9. The third kappa shape index (κ3) is 4.49. The van der Waals surface area contributed by atoms with E-state index in [4.69, 9.17) is 0 Å². The van der Waals surface area contributed by atoms with E-state index >= 15 is 0 Å². The van der Waals surface area contributed by atoms with Gasteiger partial charge in [-0.1, -0.05) is 32.0 Å². The molecule has 2 aromatic carbocycles. The number of aromatic nitrogens is 2.